The van der Waals surface area contributed by atoms with Gasteiger partial charge in [-0.15, -0.1) is 0 Å². The van der Waals surface area contributed by atoms with Gasteiger partial charge in [0.25, 0.3) is 0 Å². The Morgan fingerprint density at radius 1 is 0.680 bits per heavy atom. The first-order valence-electron chi connectivity index (χ1n) is 19.3. The fourth-order valence-corrected chi connectivity index (χ4v) is 6.27. The van der Waals surface area contributed by atoms with E-state index >= 15 is 0 Å². The molecular weight excluding hydrogens is 626 g/mol. The normalized spacial score (nSPS) is 13.4. The van der Waals surface area contributed by atoms with Crippen molar-refractivity contribution in [1.82, 2.24) is 16.0 Å². The van der Waals surface area contributed by atoms with Crippen LogP contribution in [0.1, 0.15) is 136 Å². The Kier molecular flexibility index (Phi) is 20.8. The van der Waals surface area contributed by atoms with Crippen LogP contribution in [-0.2, 0) is 25.6 Å². The predicted molar refractivity (Wildman–Crippen MR) is 205 cm³/mol. The number of amides is 3. The number of aliphatic carboxylic acids is 1. The SMILES string of the molecule is CCCCCCCC/C=C\CCCCCCCC(=O)NC(Cc1cccc2ccccc12)C(=O)NC(CC(C)C)C(=O)NC(C(=O)O)C(C)C. The summed E-state index contributed by atoms with van der Waals surface area (Å²) in [4.78, 5) is 52.1. The number of unbranched alkanes of at least 4 members (excludes halogenated alkanes) is 11. The Morgan fingerprint density at radius 2 is 1.26 bits per heavy atom. The number of carboxylic acids is 1. The van der Waals surface area contributed by atoms with E-state index in [0.29, 0.717) is 12.8 Å². The third-order valence-corrected chi connectivity index (χ3v) is 9.19. The van der Waals surface area contributed by atoms with Crippen molar-refractivity contribution in [2.75, 3.05) is 0 Å². The molecule has 0 aliphatic rings. The van der Waals surface area contributed by atoms with Gasteiger partial charge in [-0.2, -0.15) is 0 Å². The lowest BCUT2D eigenvalue weighted by Crippen LogP contribution is -2.57. The topological polar surface area (TPSA) is 125 Å². The fraction of sp³-hybridized carbons (Fsp3) is 0.619. The van der Waals surface area contributed by atoms with Crippen LogP contribution in [0.2, 0.25) is 0 Å². The number of nitrogens with one attached hydrogen (secondary N) is 3. The maximum atomic E-state index is 13.9. The number of rotatable bonds is 26. The predicted octanol–water partition coefficient (Wildman–Crippen LogP) is 8.66. The number of benzene rings is 2. The number of allylic oxidation sites excluding steroid dienone is 2. The van der Waals surface area contributed by atoms with Gasteiger partial charge in [0.15, 0.2) is 0 Å². The smallest absolute Gasteiger partial charge is 0.326 e. The molecule has 3 atom stereocenters. The maximum absolute atomic E-state index is 13.9. The second-order valence-electron chi connectivity index (χ2n) is 14.6. The van der Waals surface area contributed by atoms with E-state index < -0.39 is 35.9 Å². The summed E-state index contributed by atoms with van der Waals surface area (Å²) in [6.07, 6.45) is 20.8. The zero-order valence-electron chi connectivity index (χ0n) is 31.5. The van der Waals surface area contributed by atoms with Gasteiger partial charge in [-0.1, -0.05) is 141 Å². The molecule has 0 fully saturated rings. The van der Waals surface area contributed by atoms with Crippen LogP contribution in [0.3, 0.4) is 0 Å². The standard InChI is InChI=1S/C42H65N3O5/c1-6-7-8-9-10-11-12-13-14-15-16-17-18-19-20-28-38(46)43-37(30-34-26-23-25-33-24-21-22-27-35(33)34)40(47)44-36(29-31(2)3)41(48)45-39(32(4)5)42(49)50/h13-14,21-27,31-32,36-37,39H,6-12,15-20,28-30H2,1-5H3,(H,43,46)(H,44,47)(H,45,48)(H,49,50)/b14-13-. The van der Waals surface area contributed by atoms with Crippen molar-refractivity contribution in [1.29, 1.82) is 0 Å². The van der Waals surface area contributed by atoms with Gasteiger partial charge in [0.1, 0.15) is 18.1 Å². The lowest BCUT2D eigenvalue weighted by atomic mass is 9.97. The Morgan fingerprint density at radius 3 is 1.88 bits per heavy atom. The summed E-state index contributed by atoms with van der Waals surface area (Å²) in [5.41, 5.74) is 0.917. The highest BCUT2D eigenvalue weighted by Crippen LogP contribution is 2.20. The molecule has 0 aromatic heterocycles. The van der Waals surface area contributed by atoms with Gasteiger partial charge in [-0.05, 0) is 66.7 Å². The number of carboxylic acid groups (broad SMARTS) is 1. The molecule has 0 saturated heterocycles. The lowest BCUT2D eigenvalue weighted by molar-refractivity contribution is -0.143. The molecular formula is C42H65N3O5. The number of carbonyl (C=O) groups is 4. The molecule has 50 heavy (non-hydrogen) atoms. The minimum Gasteiger partial charge on any atom is -0.480 e. The Hall–Kier alpha value is -3.68. The Balaban J connectivity index is 1.97. The molecule has 8 heteroatoms. The largest absolute Gasteiger partial charge is 0.480 e. The van der Waals surface area contributed by atoms with Crippen molar-refractivity contribution >= 4 is 34.5 Å². The molecule has 0 spiro atoms. The molecule has 278 valence electrons. The number of hydrogen-bond donors (Lipinski definition) is 4. The molecule has 2 aromatic rings. The fourth-order valence-electron chi connectivity index (χ4n) is 6.27. The van der Waals surface area contributed by atoms with Crippen LogP contribution in [0.15, 0.2) is 54.6 Å². The maximum Gasteiger partial charge on any atom is 0.326 e. The molecule has 2 aromatic carbocycles. The van der Waals surface area contributed by atoms with Gasteiger partial charge in [0.2, 0.25) is 17.7 Å². The van der Waals surface area contributed by atoms with Crippen LogP contribution in [0.5, 0.6) is 0 Å². The lowest BCUT2D eigenvalue weighted by Gasteiger charge is -2.26. The van der Waals surface area contributed by atoms with E-state index in [1.165, 1.54) is 44.9 Å². The molecule has 8 nitrogen and oxygen atoms in total. The van der Waals surface area contributed by atoms with Crippen molar-refractivity contribution in [3.05, 3.63) is 60.2 Å². The number of hydrogen-bond acceptors (Lipinski definition) is 4. The van der Waals surface area contributed by atoms with Crippen molar-refractivity contribution in [2.45, 2.75) is 155 Å². The summed E-state index contributed by atoms with van der Waals surface area (Å²) in [7, 11) is 0. The van der Waals surface area contributed by atoms with Gasteiger partial charge >= 0.3 is 5.97 Å². The zero-order chi connectivity index (χ0) is 36.7. The summed E-state index contributed by atoms with van der Waals surface area (Å²) in [5.74, 6) is -2.61. The summed E-state index contributed by atoms with van der Waals surface area (Å²) in [6, 6.07) is 10.9. The Labute approximate surface area is 301 Å². The van der Waals surface area contributed by atoms with Crippen molar-refractivity contribution in [2.24, 2.45) is 11.8 Å². The summed E-state index contributed by atoms with van der Waals surface area (Å²) >= 11 is 0. The van der Waals surface area contributed by atoms with Crippen LogP contribution in [-0.4, -0.2) is 46.9 Å². The molecule has 0 radical (unpaired) electrons. The second-order valence-corrected chi connectivity index (χ2v) is 14.6. The van der Waals surface area contributed by atoms with Crippen LogP contribution in [0.25, 0.3) is 10.8 Å². The summed E-state index contributed by atoms with van der Waals surface area (Å²) < 4.78 is 0. The van der Waals surface area contributed by atoms with Crippen LogP contribution >= 0.6 is 0 Å². The molecule has 2 rings (SSSR count). The summed E-state index contributed by atoms with van der Waals surface area (Å²) in [6.45, 7) is 9.57. The van der Waals surface area contributed by atoms with Gasteiger partial charge in [-0.25, -0.2) is 4.79 Å². The van der Waals surface area contributed by atoms with Crippen molar-refractivity contribution in [3.8, 4) is 0 Å². The molecule has 3 amide bonds. The third-order valence-electron chi connectivity index (χ3n) is 9.19. The first-order chi connectivity index (χ1) is 24.0. The quantitative estimate of drug-likeness (QED) is 0.0581. The van der Waals surface area contributed by atoms with Gasteiger partial charge in [0, 0.05) is 12.8 Å². The van der Waals surface area contributed by atoms with Crippen molar-refractivity contribution < 1.29 is 24.3 Å². The van der Waals surface area contributed by atoms with E-state index in [2.05, 4.69) is 35.0 Å². The highest BCUT2D eigenvalue weighted by Gasteiger charge is 2.31. The molecule has 0 saturated carbocycles. The monoisotopic (exact) mass is 691 g/mol. The average molecular weight is 692 g/mol. The first-order valence-corrected chi connectivity index (χ1v) is 19.3. The first kappa shape index (κ1) is 42.5. The Bertz CT molecular complexity index is 1330. The highest BCUT2D eigenvalue weighted by atomic mass is 16.4. The van der Waals surface area contributed by atoms with Crippen LogP contribution in [0, 0.1) is 11.8 Å². The van der Waals surface area contributed by atoms with Crippen LogP contribution in [0.4, 0.5) is 0 Å². The van der Waals surface area contributed by atoms with E-state index in [1.807, 2.05) is 56.3 Å². The minimum atomic E-state index is -1.13. The van der Waals surface area contributed by atoms with E-state index in [4.69, 9.17) is 0 Å². The number of carbonyl (C=O) groups excluding carboxylic acids is 3. The van der Waals surface area contributed by atoms with Crippen molar-refractivity contribution in [3.63, 3.8) is 0 Å². The molecule has 3 unspecified atom stereocenters. The van der Waals surface area contributed by atoms with Gasteiger partial charge in [-0.3, -0.25) is 14.4 Å². The van der Waals surface area contributed by atoms with Crippen LogP contribution < -0.4 is 16.0 Å². The molecule has 0 bridgehead atoms. The zero-order valence-corrected chi connectivity index (χ0v) is 31.5. The van der Waals surface area contributed by atoms with E-state index in [0.717, 1.165) is 54.9 Å². The third kappa shape index (κ3) is 16.8. The molecule has 4 N–H and O–H groups in total. The van der Waals surface area contributed by atoms with E-state index in [-0.39, 0.29) is 24.2 Å². The second kappa shape index (κ2) is 24.5. The molecule has 0 heterocycles. The van der Waals surface area contributed by atoms with Gasteiger partial charge in [0.05, 0.1) is 0 Å². The van der Waals surface area contributed by atoms with E-state index in [9.17, 15) is 24.3 Å². The highest BCUT2D eigenvalue weighted by molar-refractivity contribution is 5.94. The van der Waals surface area contributed by atoms with E-state index in [1.54, 1.807) is 13.8 Å². The number of fused-ring (bicyclic) bond motifs is 1. The molecule has 0 aliphatic heterocycles. The average Bonchev–Trinajstić information content (AvgIpc) is 3.07. The summed E-state index contributed by atoms with van der Waals surface area (Å²) in [5, 5.41) is 20.1. The van der Waals surface area contributed by atoms with Gasteiger partial charge < -0.3 is 21.1 Å². The molecule has 0 aliphatic carbocycles. The minimum absolute atomic E-state index is 0.0561.